The Kier molecular flexibility index (Phi) is 6.10. The maximum atomic E-state index is 13.4. The van der Waals surface area contributed by atoms with Gasteiger partial charge in [0.1, 0.15) is 5.82 Å². The third-order valence-electron chi connectivity index (χ3n) is 3.26. The van der Waals surface area contributed by atoms with Gasteiger partial charge in [0.25, 0.3) is 0 Å². The zero-order chi connectivity index (χ0) is 15.9. The molecule has 0 saturated carbocycles. The van der Waals surface area contributed by atoms with E-state index in [0.29, 0.717) is 25.1 Å². The number of benzene rings is 2. The second kappa shape index (κ2) is 8.06. The van der Waals surface area contributed by atoms with Gasteiger partial charge in [-0.25, -0.2) is 4.39 Å². The fourth-order valence-corrected chi connectivity index (χ4v) is 2.52. The van der Waals surface area contributed by atoms with Crippen molar-refractivity contribution >= 4 is 27.5 Å². The maximum Gasteiger partial charge on any atom is 0.225 e. The van der Waals surface area contributed by atoms with E-state index in [2.05, 4.69) is 26.6 Å². The second-order valence-electron chi connectivity index (χ2n) is 5.03. The Morgan fingerprint density at radius 1 is 1.23 bits per heavy atom. The highest BCUT2D eigenvalue weighted by Crippen LogP contribution is 2.20. The summed E-state index contributed by atoms with van der Waals surface area (Å²) in [5.74, 6) is -0.295. The standard InChI is InChI=1S/C17H18BrFN2O/c1-12-10-14(18)6-7-16(12)21-17(22)8-9-20-11-13-4-2-3-5-15(13)19/h2-7,10,20H,8-9,11H2,1H3,(H,21,22). The van der Waals surface area contributed by atoms with Crippen LogP contribution in [0.15, 0.2) is 46.9 Å². The third-order valence-corrected chi connectivity index (χ3v) is 3.76. The molecule has 0 atom stereocenters. The summed E-state index contributed by atoms with van der Waals surface area (Å²) in [5, 5.41) is 5.95. The number of hydrogen-bond acceptors (Lipinski definition) is 2. The van der Waals surface area contributed by atoms with Crippen molar-refractivity contribution in [3.63, 3.8) is 0 Å². The number of carbonyl (C=O) groups excluding carboxylic acids is 1. The van der Waals surface area contributed by atoms with Gasteiger partial charge in [-0.15, -0.1) is 0 Å². The summed E-state index contributed by atoms with van der Waals surface area (Å²) in [5.41, 5.74) is 2.41. The molecule has 3 nitrogen and oxygen atoms in total. The number of halogens is 2. The Balaban J connectivity index is 1.75. The topological polar surface area (TPSA) is 41.1 Å². The molecule has 0 saturated heterocycles. The molecular formula is C17H18BrFN2O. The van der Waals surface area contributed by atoms with Crippen LogP contribution in [-0.4, -0.2) is 12.5 Å². The van der Waals surface area contributed by atoms with Crippen LogP contribution in [0.2, 0.25) is 0 Å². The second-order valence-corrected chi connectivity index (χ2v) is 5.94. The van der Waals surface area contributed by atoms with Crippen LogP contribution in [0.1, 0.15) is 17.5 Å². The summed E-state index contributed by atoms with van der Waals surface area (Å²) in [7, 11) is 0. The van der Waals surface area contributed by atoms with Crippen molar-refractivity contribution < 1.29 is 9.18 Å². The monoisotopic (exact) mass is 364 g/mol. The van der Waals surface area contributed by atoms with E-state index in [4.69, 9.17) is 0 Å². The molecule has 0 unspecified atom stereocenters. The molecule has 0 aliphatic heterocycles. The summed E-state index contributed by atoms with van der Waals surface area (Å²) in [4.78, 5) is 11.9. The van der Waals surface area contributed by atoms with E-state index in [0.717, 1.165) is 15.7 Å². The zero-order valence-electron chi connectivity index (χ0n) is 12.3. The quantitative estimate of drug-likeness (QED) is 0.760. The minimum Gasteiger partial charge on any atom is -0.326 e. The van der Waals surface area contributed by atoms with Gasteiger partial charge in [-0.05, 0) is 36.8 Å². The maximum absolute atomic E-state index is 13.4. The number of nitrogens with one attached hydrogen (secondary N) is 2. The highest BCUT2D eigenvalue weighted by molar-refractivity contribution is 9.10. The predicted octanol–water partition coefficient (Wildman–Crippen LogP) is 4.02. The number of aryl methyl sites for hydroxylation is 1. The number of amides is 1. The van der Waals surface area contributed by atoms with Crippen LogP contribution < -0.4 is 10.6 Å². The minimum atomic E-state index is -0.232. The van der Waals surface area contributed by atoms with Gasteiger partial charge in [-0.2, -0.15) is 0 Å². The Hall–Kier alpha value is -1.72. The molecule has 2 aromatic rings. The molecule has 0 aliphatic carbocycles. The highest BCUT2D eigenvalue weighted by Gasteiger charge is 2.05. The molecule has 5 heteroatoms. The first-order valence-electron chi connectivity index (χ1n) is 7.06. The van der Waals surface area contributed by atoms with Crippen molar-refractivity contribution in [1.82, 2.24) is 5.32 Å². The van der Waals surface area contributed by atoms with E-state index in [1.807, 2.05) is 25.1 Å². The fourth-order valence-electron chi connectivity index (χ4n) is 2.05. The van der Waals surface area contributed by atoms with Gasteiger partial charge in [-0.3, -0.25) is 4.79 Å². The average Bonchev–Trinajstić information content (AvgIpc) is 2.48. The molecule has 0 aromatic heterocycles. The number of carbonyl (C=O) groups is 1. The van der Waals surface area contributed by atoms with Gasteiger partial charge >= 0.3 is 0 Å². The summed E-state index contributed by atoms with van der Waals surface area (Å²) < 4.78 is 14.4. The molecule has 0 fully saturated rings. The van der Waals surface area contributed by atoms with Gasteiger partial charge in [0.05, 0.1) is 0 Å². The molecule has 0 aliphatic rings. The summed E-state index contributed by atoms with van der Waals surface area (Å²) in [6, 6.07) is 12.3. The number of hydrogen-bond donors (Lipinski definition) is 2. The average molecular weight is 365 g/mol. The van der Waals surface area contributed by atoms with E-state index >= 15 is 0 Å². The Morgan fingerprint density at radius 3 is 2.73 bits per heavy atom. The fraction of sp³-hybridized carbons (Fsp3) is 0.235. The molecule has 1 amide bonds. The lowest BCUT2D eigenvalue weighted by Crippen LogP contribution is -2.22. The van der Waals surface area contributed by atoms with Gasteiger partial charge in [0.15, 0.2) is 0 Å². The normalized spacial score (nSPS) is 10.5. The van der Waals surface area contributed by atoms with Crippen molar-refractivity contribution in [3.8, 4) is 0 Å². The van der Waals surface area contributed by atoms with Crippen molar-refractivity contribution in [3.05, 3.63) is 63.9 Å². The molecule has 2 N–H and O–H groups in total. The molecule has 2 aromatic carbocycles. The first-order valence-corrected chi connectivity index (χ1v) is 7.85. The van der Waals surface area contributed by atoms with Gasteiger partial charge < -0.3 is 10.6 Å². The lowest BCUT2D eigenvalue weighted by atomic mass is 10.2. The van der Waals surface area contributed by atoms with Crippen LogP contribution in [-0.2, 0) is 11.3 Å². The smallest absolute Gasteiger partial charge is 0.225 e. The molecule has 0 radical (unpaired) electrons. The van der Waals surface area contributed by atoms with Crippen molar-refractivity contribution in [2.75, 3.05) is 11.9 Å². The van der Waals surface area contributed by atoms with Crippen LogP contribution in [0.25, 0.3) is 0 Å². The lowest BCUT2D eigenvalue weighted by Gasteiger charge is -2.09. The highest BCUT2D eigenvalue weighted by atomic mass is 79.9. The Bertz CT molecular complexity index is 661. The van der Waals surface area contributed by atoms with Crippen LogP contribution in [0, 0.1) is 12.7 Å². The van der Waals surface area contributed by atoms with Crippen molar-refractivity contribution in [2.45, 2.75) is 19.9 Å². The van der Waals surface area contributed by atoms with Crippen molar-refractivity contribution in [1.29, 1.82) is 0 Å². The molecule has 0 heterocycles. The summed E-state index contributed by atoms with van der Waals surface area (Å²) in [6.45, 7) is 2.85. The molecule has 22 heavy (non-hydrogen) atoms. The minimum absolute atomic E-state index is 0.0635. The predicted molar refractivity (Wildman–Crippen MR) is 90.2 cm³/mol. The molecule has 2 rings (SSSR count). The van der Waals surface area contributed by atoms with Crippen molar-refractivity contribution in [2.24, 2.45) is 0 Å². The Labute approximate surface area is 138 Å². The van der Waals surface area contributed by atoms with Crippen LogP contribution in [0.5, 0.6) is 0 Å². The van der Waals surface area contributed by atoms with E-state index < -0.39 is 0 Å². The first-order chi connectivity index (χ1) is 10.6. The number of anilines is 1. The van der Waals surface area contributed by atoms with E-state index in [1.54, 1.807) is 18.2 Å². The van der Waals surface area contributed by atoms with E-state index in [1.165, 1.54) is 6.07 Å². The van der Waals surface area contributed by atoms with Gasteiger partial charge in [0.2, 0.25) is 5.91 Å². The SMILES string of the molecule is Cc1cc(Br)ccc1NC(=O)CCNCc1ccccc1F. The van der Waals surface area contributed by atoms with Crippen LogP contribution >= 0.6 is 15.9 Å². The largest absolute Gasteiger partial charge is 0.326 e. The lowest BCUT2D eigenvalue weighted by molar-refractivity contribution is -0.116. The van der Waals surface area contributed by atoms with E-state index in [-0.39, 0.29) is 11.7 Å². The molecule has 116 valence electrons. The van der Waals surface area contributed by atoms with Gasteiger partial charge in [-0.1, -0.05) is 34.1 Å². The number of rotatable bonds is 6. The zero-order valence-corrected chi connectivity index (χ0v) is 13.9. The third kappa shape index (κ3) is 4.93. The van der Waals surface area contributed by atoms with Gasteiger partial charge in [0, 0.05) is 35.2 Å². The molecule has 0 spiro atoms. The summed E-state index contributed by atoms with van der Waals surface area (Å²) >= 11 is 3.39. The summed E-state index contributed by atoms with van der Waals surface area (Å²) in [6.07, 6.45) is 0.337. The van der Waals surface area contributed by atoms with E-state index in [9.17, 15) is 9.18 Å². The Morgan fingerprint density at radius 2 is 2.00 bits per heavy atom. The molecular weight excluding hydrogens is 347 g/mol. The molecule has 0 bridgehead atoms. The van der Waals surface area contributed by atoms with Crippen LogP contribution in [0.3, 0.4) is 0 Å². The van der Waals surface area contributed by atoms with Crippen LogP contribution in [0.4, 0.5) is 10.1 Å². The first kappa shape index (κ1) is 16.6.